The first-order chi connectivity index (χ1) is 12.3. The highest BCUT2D eigenvalue weighted by Crippen LogP contribution is 2.59. The monoisotopic (exact) mass is 396 g/mol. The van der Waals surface area contributed by atoms with E-state index in [2.05, 4.69) is 10.0 Å². The van der Waals surface area contributed by atoms with E-state index in [9.17, 15) is 13.2 Å². The molecule has 0 atom stereocenters. The molecule has 1 aromatic carbocycles. The van der Waals surface area contributed by atoms with E-state index in [1.165, 1.54) is 62.8 Å². The molecule has 1 amide bonds. The highest BCUT2D eigenvalue weighted by molar-refractivity contribution is 7.89. The molecule has 5 nitrogen and oxygen atoms in total. The molecule has 0 unspecified atom stereocenters. The molecule has 26 heavy (non-hydrogen) atoms. The molecule has 0 radical (unpaired) electrons. The molecule has 0 saturated heterocycles. The molecule has 4 fully saturated rings. The van der Waals surface area contributed by atoms with Crippen molar-refractivity contribution >= 4 is 27.5 Å². The minimum absolute atomic E-state index is 0.107. The number of hydrogen-bond donors (Lipinski definition) is 2. The van der Waals surface area contributed by atoms with Gasteiger partial charge in [0.25, 0.3) is 0 Å². The van der Waals surface area contributed by atoms with Crippen LogP contribution in [0.1, 0.15) is 38.5 Å². The van der Waals surface area contributed by atoms with Crippen LogP contribution in [-0.4, -0.2) is 27.4 Å². The number of rotatable bonds is 6. The largest absolute Gasteiger partial charge is 0.354 e. The molecule has 4 saturated carbocycles. The lowest BCUT2D eigenvalue weighted by Crippen LogP contribution is -2.52. The zero-order chi connectivity index (χ0) is 18.4. The first-order valence-corrected chi connectivity index (χ1v) is 11.2. The Labute approximate surface area is 159 Å². The van der Waals surface area contributed by atoms with Gasteiger partial charge in [-0.25, -0.2) is 13.1 Å². The van der Waals surface area contributed by atoms with Crippen molar-refractivity contribution in [1.82, 2.24) is 10.0 Å². The van der Waals surface area contributed by atoms with Crippen molar-refractivity contribution in [3.63, 3.8) is 0 Å². The molecule has 4 aliphatic carbocycles. The predicted molar refractivity (Wildman–Crippen MR) is 100 cm³/mol. The highest BCUT2D eigenvalue weighted by Gasteiger charge is 2.50. The van der Waals surface area contributed by atoms with Gasteiger partial charge in [0.05, 0.1) is 11.4 Å². The number of hydrogen-bond acceptors (Lipinski definition) is 3. The first kappa shape index (κ1) is 18.3. The molecule has 0 heterocycles. The van der Waals surface area contributed by atoms with Crippen LogP contribution in [0.5, 0.6) is 0 Å². The predicted octanol–water partition coefficient (Wildman–Crippen LogP) is 2.95. The third-order valence-electron chi connectivity index (χ3n) is 6.37. The van der Waals surface area contributed by atoms with Crippen LogP contribution >= 0.6 is 11.6 Å². The van der Waals surface area contributed by atoms with E-state index >= 15 is 0 Å². The first-order valence-electron chi connectivity index (χ1n) is 9.36. The molecule has 0 aromatic heterocycles. The van der Waals surface area contributed by atoms with E-state index in [-0.39, 0.29) is 22.8 Å². The molecule has 0 spiro atoms. The second-order valence-corrected chi connectivity index (χ2v) is 10.7. The standard InChI is InChI=1S/C19H25ClN2O3S/c20-16-1-3-17(4-2-16)26(24,25)22-11-18(23)21-12-19-8-13-5-14(9-19)7-15(6-13)10-19/h1-4,13-15,22H,5-12H2,(H,21,23). The molecule has 4 aliphatic rings. The fourth-order valence-corrected chi connectivity index (χ4v) is 6.82. The Hall–Kier alpha value is -1.11. The second-order valence-electron chi connectivity index (χ2n) is 8.47. The van der Waals surface area contributed by atoms with E-state index in [1.807, 2.05) is 0 Å². The van der Waals surface area contributed by atoms with E-state index < -0.39 is 10.0 Å². The average molecular weight is 397 g/mol. The molecular weight excluding hydrogens is 372 g/mol. The molecule has 142 valence electrons. The Morgan fingerprint density at radius 2 is 1.58 bits per heavy atom. The maximum atomic E-state index is 12.2. The van der Waals surface area contributed by atoms with Crippen LogP contribution in [-0.2, 0) is 14.8 Å². The summed E-state index contributed by atoms with van der Waals surface area (Å²) in [6.45, 7) is 0.440. The highest BCUT2D eigenvalue weighted by atomic mass is 35.5. The third-order valence-corrected chi connectivity index (χ3v) is 8.04. The molecular formula is C19H25ClN2O3S. The Bertz CT molecular complexity index is 756. The van der Waals surface area contributed by atoms with Gasteiger partial charge in [0, 0.05) is 11.6 Å². The molecule has 7 heteroatoms. The van der Waals surface area contributed by atoms with E-state index in [1.54, 1.807) is 0 Å². The lowest BCUT2D eigenvalue weighted by molar-refractivity contribution is -0.122. The fourth-order valence-electron chi connectivity index (χ4n) is 5.71. The van der Waals surface area contributed by atoms with Gasteiger partial charge in [-0.2, -0.15) is 0 Å². The quantitative estimate of drug-likeness (QED) is 0.776. The van der Waals surface area contributed by atoms with Gasteiger partial charge < -0.3 is 5.32 Å². The van der Waals surface area contributed by atoms with Crippen molar-refractivity contribution in [2.75, 3.05) is 13.1 Å². The molecule has 5 rings (SSSR count). The number of benzene rings is 1. The smallest absolute Gasteiger partial charge is 0.241 e. The summed E-state index contributed by atoms with van der Waals surface area (Å²) in [6.07, 6.45) is 7.76. The van der Waals surface area contributed by atoms with Gasteiger partial charge in [-0.1, -0.05) is 11.6 Å². The molecule has 2 N–H and O–H groups in total. The summed E-state index contributed by atoms with van der Waals surface area (Å²) in [5, 5.41) is 3.46. The number of nitrogens with one attached hydrogen (secondary N) is 2. The van der Waals surface area contributed by atoms with Crippen LogP contribution < -0.4 is 10.0 Å². The lowest BCUT2D eigenvalue weighted by atomic mass is 9.49. The van der Waals surface area contributed by atoms with E-state index in [0.29, 0.717) is 11.6 Å². The zero-order valence-electron chi connectivity index (χ0n) is 14.7. The summed E-state index contributed by atoms with van der Waals surface area (Å²) in [5.74, 6) is 2.24. The summed E-state index contributed by atoms with van der Waals surface area (Å²) in [5.41, 5.74) is 0.249. The van der Waals surface area contributed by atoms with Crippen molar-refractivity contribution in [3.05, 3.63) is 29.3 Å². The summed E-state index contributed by atoms with van der Waals surface area (Å²) in [7, 11) is -3.70. The van der Waals surface area contributed by atoms with Gasteiger partial charge in [0.15, 0.2) is 0 Å². The van der Waals surface area contributed by atoms with Crippen molar-refractivity contribution in [2.24, 2.45) is 23.2 Å². The topological polar surface area (TPSA) is 75.3 Å². The normalized spacial score (nSPS) is 32.6. The number of sulfonamides is 1. The fraction of sp³-hybridized carbons (Fsp3) is 0.632. The van der Waals surface area contributed by atoms with Crippen LogP contribution in [0.4, 0.5) is 0 Å². The van der Waals surface area contributed by atoms with Crippen LogP contribution in [0.25, 0.3) is 0 Å². The lowest BCUT2D eigenvalue weighted by Gasteiger charge is -2.56. The molecule has 4 bridgehead atoms. The van der Waals surface area contributed by atoms with Crippen LogP contribution in [0.2, 0.25) is 5.02 Å². The van der Waals surface area contributed by atoms with Crippen molar-refractivity contribution in [3.8, 4) is 0 Å². The number of carbonyl (C=O) groups excluding carboxylic acids is 1. The summed E-state index contributed by atoms with van der Waals surface area (Å²) >= 11 is 5.78. The van der Waals surface area contributed by atoms with Crippen LogP contribution in [0.3, 0.4) is 0 Å². The van der Waals surface area contributed by atoms with Gasteiger partial charge in [-0.05, 0) is 86.0 Å². The maximum absolute atomic E-state index is 12.2. The minimum atomic E-state index is -3.70. The number of amides is 1. The third kappa shape index (κ3) is 3.78. The average Bonchev–Trinajstić information content (AvgIpc) is 2.58. The van der Waals surface area contributed by atoms with Crippen LogP contribution in [0.15, 0.2) is 29.2 Å². The number of carbonyl (C=O) groups is 1. The van der Waals surface area contributed by atoms with Crippen molar-refractivity contribution in [1.29, 1.82) is 0 Å². The van der Waals surface area contributed by atoms with Gasteiger partial charge in [-0.15, -0.1) is 0 Å². The SMILES string of the molecule is O=C(CNS(=O)(=O)c1ccc(Cl)cc1)NCC12CC3CC(CC(C3)C1)C2. The van der Waals surface area contributed by atoms with E-state index in [4.69, 9.17) is 11.6 Å². The number of halogens is 1. The Morgan fingerprint density at radius 1 is 1.04 bits per heavy atom. The summed E-state index contributed by atoms with van der Waals surface area (Å²) in [6, 6.07) is 5.89. The summed E-state index contributed by atoms with van der Waals surface area (Å²) in [4.78, 5) is 12.3. The molecule has 1 aromatic rings. The van der Waals surface area contributed by atoms with Gasteiger partial charge in [-0.3, -0.25) is 4.79 Å². The van der Waals surface area contributed by atoms with Crippen molar-refractivity contribution < 1.29 is 13.2 Å². The van der Waals surface area contributed by atoms with Crippen LogP contribution in [0, 0.1) is 23.2 Å². The second kappa shape index (κ2) is 6.80. The van der Waals surface area contributed by atoms with Gasteiger partial charge >= 0.3 is 0 Å². The zero-order valence-corrected chi connectivity index (χ0v) is 16.3. The Kier molecular flexibility index (Phi) is 4.78. The molecule has 0 aliphatic heterocycles. The Morgan fingerprint density at radius 3 is 2.12 bits per heavy atom. The maximum Gasteiger partial charge on any atom is 0.241 e. The van der Waals surface area contributed by atoms with Gasteiger partial charge in [0.2, 0.25) is 15.9 Å². The Balaban J connectivity index is 1.30. The van der Waals surface area contributed by atoms with Crippen molar-refractivity contribution in [2.45, 2.75) is 43.4 Å². The van der Waals surface area contributed by atoms with E-state index in [0.717, 1.165) is 17.8 Å². The van der Waals surface area contributed by atoms with Gasteiger partial charge in [0.1, 0.15) is 0 Å². The summed E-state index contributed by atoms with van der Waals surface area (Å²) < 4.78 is 26.8. The minimum Gasteiger partial charge on any atom is -0.354 e.